The molecular weight excluding hydrogens is 214 g/mol. The highest BCUT2D eigenvalue weighted by Crippen LogP contribution is 2.37. The molecule has 1 atom stereocenters. The van der Waals surface area contributed by atoms with Gasteiger partial charge in [-0.2, -0.15) is 0 Å². The molecule has 1 aromatic heterocycles. The molecular formula is C13H21N3O. The molecule has 4 heteroatoms. The van der Waals surface area contributed by atoms with Gasteiger partial charge < -0.3 is 4.74 Å². The molecule has 0 saturated heterocycles. The molecule has 1 aliphatic rings. The van der Waals surface area contributed by atoms with Crippen LogP contribution in [-0.4, -0.2) is 11.6 Å². The molecule has 1 heterocycles. The van der Waals surface area contributed by atoms with E-state index in [1.54, 1.807) is 6.20 Å². The summed E-state index contributed by atoms with van der Waals surface area (Å²) in [5.74, 6) is 7.28. The average Bonchev–Trinajstić information content (AvgIpc) is 3.18. The summed E-state index contributed by atoms with van der Waals surface area (Å²) in [5, 5.41) is 0. The largest absolute Gasteiger partial charge is 0.492 e. The minimum absolute atomic E-state index is 0.195. The van der Waals surface area contributed by atoms with E-state index in [-0.39, 0.29) is 6.04 Å². The summed E-state index contributed by atoms with van der Waals surface area (Å²) in [5.41, 5.74) is 4.00. The van der Waals surface area contributed by atoms with Crippen LogP contribution in [0.15, 0.2) is 18.5 Å². The van der Waals surface area contributed by atoms with Gasteiger partial charge in [0.05, 0.1) is 12.8 Å². The fraction of sp³-hybridized carbons (Fsp3) is 0.615. The maximum absolute atomic E-state index is 5.61. The Hall–Kier alpha value is -1.13. The lowest BCUT2D eigenvalue weighted by Crippen LogP contribution is -2.28. The first-order chi connectivity index (χ1) is 8.33. The summed E-state index contributed by atoms with van der Waals surface area (Å²) >= 11 is 0. The molecule has 1 aliphatic carbocycles. The van der Waals surface area contributed by atoms with E-state index in [1.807, 2.05) is 12.3 Å². The number of ether oxygens (including phenoxy) is 1. The molecule has 0 amide bonds. The molecule has 0 radical (unpaired) electrons. The summed E-state index contributed by atoms with van der Waals surface area (Å²) in [7, 11) is 0. The fourth-order valence-electron chi connectivity index (χ4n) is 1.91. The van der Waals surface area contributed by atoms with E-state index >= 15 is 0 Å². The minimum atomic E-state index is 0.195. The average molecular weight is 235 g/mol. The quantitative estimate of drug-likeness (QED) is 0.561. The highest BCUT2D eigenvalue weighted by atomic mass is 16.5. The lowest BCUT2D eigenvalue weighted by atomic mass is 10.0. The smallest absolute Gasteiger partial charge is 0.137 e. The Morgan fingerprint density at radius 3 is 3.00 bits per heavy atom. The molecule has 1 aromatic rings. The highest BCUT2D eigenvalue weighted by Gasteiger charge is 2.26. The van der Waals surface area contributed by atoms with Crippen molar-refractivity contribution in [2.24, 2.45) is 11.8 Å². The van der Waals surface area contributed by atoms with Gasteiger partial charge in [0.2, 0.25) is 0 Å². The summed E-state index contributed by atoms with van der Waals surface area (Å²) < 4.78 is 5.58. The molecule has 17 heavy (non-hydrogen) atoms. The summed E-state index contributed by atoms with van der Waals surface area (Å²) in [4.78, 5) is 4.21. The number of nitrogens with two attached hydrogens (primary N) is 1. The lowest BCUT2D eigenvalue weighted by Gasteiger charge is -2.16. The van der Waals surface area contributed by atoms with Crippen LogP contribution < -0.4 is 16.0 Å². The molecule has 0 spiro atoms. The van der Waals surface area contributed by atoms with Crippen molar-refractivity contribution in [2.75, 3.05) is 6.61 Å². The van der Waals surface area contributed by atoms with Gasteiger partial charge in [0.1, 0.15) is 5.75 Å². The van der Waals surface area contributed by atoms with Crippen LogP contribution in [0.1, 0.15) is 44.2 Å². The van der Waals surface area contributed by atoms with Gasteiger partial charge in [-0.05, 0) is 30.4 Å². The lowest BCUT2D eigenvalue weighted by molar-refractivity contribution is 0.315. The first-order valence-corrected chi connectivity index (χ1v) is 6.37. The Kier molecular flexibility index (Phi) is 4.34. The minimum Gasteiger partial charge on any atom is -0.492 e. The van der Waals surface area contributed by atoms with E-state index in [0.717, 1.165) is 36.7 Å². The standard InChI is InChI=1S/C13H21N3O/c1-2-5-17-12-7-11(8-15-9-12)13(16-14)6-10-3-4-10/h7-10,13,16H,2-6,14H2,1H3. The molecule has 4 nitrogen and oxygen atoms in total. The van der Waals surface area contributed by atoms with Crippen molar-refractivity contribution >= 4 is 0 Å². The van der Waals surface area contributed by atoms with Crippen LogP contribution in [0.4, 0.5) is 0 Å². The number of pyridine rings is 1. The van der Waals surface area contributed by atoms with Gasteiger partial charge in [0.15, 0.2) is 0 Å². The Morgan fingerprint density at radius 1 is 1.53 bits per heavy atom. The predicted octanol–water partition coefficient (Wildman–Crippen LogP) is 2.17. The molecule has 1 unspecified atom stereocenters. The van der Waals surface area contributed by atoms with Gasteiger partial charge in [-0.1, -0.05) is 19.8 Å². The molecule has 0 aliphatic heterocycles. The number of rotatable bonds is 7. The van der Waals surface area contributed by atoms with Crippen LogP contribution in [0.5, 0.6) is 5.75 Å². The zero-order valence-corrected chi connectivity index (χ0v) is 10.4. The van der Waals surface area contributed by atoms with Crippen LogP contribution in [0, 0.1) is 5.92 Å². The first-order valence-electron chi connectivity index (χ1n) is 6.37. The zero-order valence-electron chi connectivity index (χ0n) is 10.4. The van der Waals surface area contributed by atoms with Crippen molar-refractivity contribution in [1.82, 2.24) is 10.4 Å². The topological polar surface area (TPSA) is 60.2 Å². The summed E-state index contributed by atoms with van der Waals surface area (Å²) in [6.07, 6.45) is 8.38. The van der Waals surface area contributed by atoms with Crippen molar-refractivity contribution in [3.05, 3.63) is 24.0 Å². The second kappa shape index (κ2) is 5.98. The normalized spacial score (nSPS) is 16.8. The SMILES string of the molecule is CCCOc1cncc(C(CC2CC2)NN)c1. The monoisotopic (exact) mass is 235 g/mol. The summed E-state index contributed by atoms with van der Waals surface area (Å²) in [6, 6.07) is 2.23. The Morgan fingerprint density at radius 2 is 2.35 bits per heavy atom. The number of hydrogen-bond donors (Lipinski definition) is 2. The Labute approximate surface area is 103 Å². The Balaban J connectivity index is 2.01. The number of hydrogen-bond acceptors (Lipinski definition) is 4. The van der Waals surface area contributed by atoms with E-state index in [0.29, 0.717) is 0 Å². The molecule has 1 saturated carbocycles. The van der Waals surface area contributed by atoms with Crippen molar-refractivity contribution in [1.29, 1.82) is 0 Å². The molecule has 1 fully saturated rings. The number of hydrazine groups is 1. The van der Waals surface area contributed by atoms with Crippen LogP contribution in [0.3, 0.4) is 0 Å². The highest BCUT2D eigenvalue weighted by molar-refractivity contribution is 5.26. The van der Waals surface area contributed by atoms with Gasteiger partial charge in [0.25, 0.3) is 0 Å². The number of nitrogens with zero attached hydrogens (tertiary/aromatic N) is 1. The van der Waals surface area contributed by atoms with Gasteiger partial charge >= 0.3 is 0 Å². The van der Waals surface area contributed by atoms with E-state index in [9.17, 15) is 0 Å². The number of aromatic nitrogens is 1. The maximum Gasteiger partial charge on any atom is 0.137 e. The van der Waals surface area contributed by atoms with Crippen LogP contribution in [0.2, 0.25) is 0 Å². The molecule has 3 N–H and O–H groups in total. The van der Waals surface area contributed by atoms with E-state index in [1.165, 1.54) is 12.8 Å². The second-order valence-electron chi connectivity index (χ2n) is 4.70. The van der Waals surface area contributed by atoms with E-state index < -0.39 is 0 Å². The van der Waals surface area contributed by atoms with Crippen molar-refractivity contribution in [3.63, 3.8) is 0 Å². The van der Waals surface area contributed by atoms with Gasteiger partial charge in [-0.3, -0.25) is 16.3 Å². The molecule has 94 valence electrons. The fourth-order valence-corrected chi connectivity index (χ4v) is 1.91. The van der Waals surface area contributed by atoms with E-state index in [4.69, 9.17) is 10.6 Å². The first kappa shape index (κ1) is 12.3. The predicted molar refractivity (Wildman–Crippen MR) is 67.4 cm³/mol. The van der Waals surface area contributed by atoms with Crippen LogP contribution >= 0.6 is 0 Å². The molecule has 0 aromatic carbocycles. The van der Waals surface area contributed by atoms with Gasteiger partial charge in [0, 0.05) is 12.2 Å². The van der Waals surface area contributed by atoms with Crippen molar-refractivity contribution in [2.45, 2.75) is 38.6 Å². The summed E-state index contributed by atoms with van der Waals surface area (Å²) in [6.45, 7) is 2.82. The molecule has 0 bridgehead atoms. The van der Waals surface area contributed by atoms with Crippen LogP contribution in [0.25, 0.3) is 0 Å². The van der Waals surface area contributed by atoms with E-state index in [2.05, 4.69) is 17.3 Å². The zero-order chi connectivity index (χ0) is 12.1. The second-order valence-corrected chi connectivity index (χ2v) is 4.70. The number of nitrogens with one attached hydrogen (secondary N) is 1. The third-order valence-corrected chi connectivity index (χ3v) is 3.08. The van der Waals surface area contributed by atoms with Crippen molar-refractivity contribution in [3.8, 4) is 5.75 Å². The third kappa shape index (κ3) is 3.68. The van der Waals surface area contributed by atoms with Crippen LogP contribution in [-0.2, 0) is 0 Å². The maximum atomic E-state index is 5.61. The van der Waals surface area contributed by atoms with Gasteiger partial charge in [-0.25, -0.2) is 0 Å². The van der Waals surface area contributed by atoms with Gasteiger partial charge in [-0.15, -0.1) is 0 Å². The third-order valence-electron chi connectivity index (χ3n) is 3.08. The van der Waals surface area contributed by atoms with Crippen molar-refractivity contribution < 1.29 is 4.74 Å². The Bertz CT molecular complexity index is 352. The molecule has 2 rings (SSSR count).